The molecule has 6 aromatic carbocycles. The molecule has 0 fully saturated rings. The van der Waals surface area contributed by atoms with E-state index in [1.807, 2.05) is 42.6 Å². The Bertz CT molecular complexity index is 2410. The molecule has 0 radical (unpaired) electrons. The Balaban J connectivity index is 1.36. The zero-order valence-electron chi connectivity index (χ0n) is 27.5. The van der Waals surface area contributed by atoms with Gasteiger partial charge in [-0.25, -0.2) is 4.98 Å². The largest absolute Gasteiger partial charge is 0.507 e. The first-order valence-corrected chi connectivity index (χ1v) is 16.6. The molecule has 0 aliphatic heterocycles. The van der Waals surface area contributed by atoms with Gasteiger partial charge in [0.2, 0.25) is 0 Å². The fourth-order valence-corrected chi connectivity index (χ4v) is 6.64. The van der Waals surface area contributed by atoms with Crippen molar-refractivity contribution in [2.45, 2.75) is 19.8 Å². The van der Waals surface area contributed by atoms with Crippen LogP contribution >= 0.6 is 0 Å². The molecule has 0 saturated heterocycles. The summed E-state index contributed by atoms with van der Waals surface area (Å²) in [6, 6.07) is 54.3. The SMILES string of the molecule is Cc1ccc(-c2ccnc(-c3cccc(-c4cc(C(C)c5ccccc5)cc5c4nc(-c4ccccc4O)n5-c4ccccc4)c3)c2)cc1. The van der Waals surface area contributed by atoms with Crippen molar-refractivity contribution >= 4 is 11.0 Å². The van der Waals surface area contributed by atoms with E-state index in [1.165, 1.54) is 16.7 Å². The molecule has 8 rings (SSSR count). The van der Waals surface area contributed by atoms with E-state index in [1.54, 1.807) is 6.07 Å². The maximum absolute atomic E-state index is 11.1. The molecule has 0 bridgehead atoms. The van der Waals surface area contributed by atoms with Crippen LogP contribution in [0.15, 0.2) is 164 Å². The highest BCUT2D eigenvalue weighted by Gasteiger charge is 2.22. The number of para-hydroxylation sites is 2. The molecule has 0 saturated carbocycles. The fraction of sp³-hybridized carbons (Fsp3) is 0.0667. The predicted octanol–water partition coefficient (Wildman–Crippen LogP) is 11.3. The molecule has 0 aliphatic rings. The maximum Gasteiger partial charge on any atom is 0.149 e. The first-order valence-electron chi connectivity index (χ1n) is 16.6. The molecule has 49 heavy (non-hydrogen) atoms. The Morgan fingerprint density at radius 1 is 0.571 bits per heavy atom. The van der Waals surface area contributed by atoms with Gasteiger partial charge in [0, 0.05) is 28.9 Å². The summed E-state index contributed by atoms with van der Waals surface area (Å²) in [6.45, 7) is 4.36. The quantitative estimate of drug-likeness (QED) is 0.190. The van der Waals surface area contributed by atoms with Crippen molar-refractivity contribution in [3.63, 3.8) is 0 Å². The summed E-state index contributed by atoms with van der Waals surface area (Å²) < 4.78 is 2.17. The number of aryl methyl sites for hydroxylation is 1. The maximum atomic E-state index is 11.1. The highest BCUT2D eigenvalue weighted by atomic mass is 16.3. The molecular formula is C45H35N3O. The standard InChI is InChI=1S/C45H35N3O/c1-30-20-22-33(23-21-30)34-24-25-46-41(28-34)36-15-11-14-35(26-36)40-27-37(31(2)32-12-5-3-6-13-32)29-42-44(40)47-45(39-18-9-10-19-43(39)49)48(42)38-16-7-4-8-17-38/h3-29,31,49H,1-2H3. The Morgan fingerprint density at radius 2 is 1.29 bits per heavy atom. The van der Waals surface area contributed by atoms with E-state index >= 15 is 0 Å². The Morgan fingerprint density at radius 3 is 2.06 bits per heavy atom. The van der Waals surface area contributed by atoms with E-state index in [0.717, 1.165) is 50.2 Å². The summed E-state index contributed by atoms with van der Waals surface area (Å²) >= 11 is 0. The molecular weight excluding hydrogens is 599 g/mol. The second-order valence-corrected chi connectivity index (χ2v) is 12.6. The molecule has 4 nitrogen and oxygen atoms in total. The first-order chi connectivity index (χ1) is 24.0. The van der Waals surface area contributed by atoms with Crippen molar-refractivity contribution in [1.82, 2.24) is 14.5 Å². The highest BCUT2D eigenvalue weighted by molar-refractivity contribution is 5.97. The van der Waals surface area contributed by atoms with Crippen molar-refractivity contribution in [2.24, 2.45) is 0 Å². The van der Waals surface area contributed by atoms with Gasteiger partial charge in [-0.3, -0.25) is 9.55 Å². The molecule has 1 N–H and O–H groups in total. The number of aromatic hydroxyl groups is 1. The van der Waals surface area contributed by atoms with Crippen molar-refractivity contribution in [3.05, 3.63) is 181 Å². The summed E-state index contributed by atoms with van der Waals surface area (Å²) in [6.07, 6.45) is 1.89. The normalized spacial score (nSPS) is 11.9. The number of pyridine rings is 1. The van der Waals surface area contributed by atoms with E-state index in [-0.39, 0.29) is 11.7 Å². The molecule has 0 aliphatic carbocycles. The molecule has 236 valence electrons. The molecule has 1 atom stereocenters. The number of rotatable bonds is 7. The lowest BCUT2D eigenvalue weighted by Crippen LogP contribution is -2.00. The van der Waals surface area contributed by atoms with E-state index < -0.39 is 0 Å². The Kier molecular flexibility index (Phi) is 7.83. The Hall–Kier alpha value is -6.26. The van der Waals surface area contributed by atoms with Gasteiger partial charge in [0.05, 0.1) is 22.3 Å². The van der Waals surface area contributed by atoms with Crippen molar-refractivity contribution in [1.29, 1.82) is 0 Å². The third-order valence-electron chi connectivity index (χ3n) is 9.36. The van der Waals surface area contributed by atoms with Crippen LogP contribution in [0.3, 0.4) is 0 Å². The van der Waals surface area contributed by atoms with Crippen molar-refractivity contribution < 1.29 is 5.11 Å². The van der Waals surface area contributed by atoms with Gasteiger partial charge >= 0.3 is 0 Å². The zero-order chi connectivity index (χ0) is 33.3. The molecule has 2 heterocycles. The van der Waals surface area contributed by atoms with E-state index in [0.29, 0.717) is 11.4 Å². The van der Waals surface area contributed by atoms with Crippen LogP contribution in [-0.4, -0.2) is 19.6 Å². The van der Waals surface area contributed by atoms with Gasteiger partial charge in [-0.2, -0.15) is 0 Å². The molecule has 4 heteroatoms. The van der Waals surface area contributed by atoms with E-state index in [2.05, 4.69) is 134 Å². The summed E-state index contributed by atoms with van der Waals surface area (Å²) in [5.74, 6) is 1.01. The second-order valence-electron chi connectivity index (χ2n) is 12.6. The lowest BCUT2D eigenvalue weighted by molar-refractivity contribution is 0.477. The van der Waals surface area contributed by atoms with Crippen LogP contribution in [-0.2, 0) is 0 Å². The number of phenolic OH excluding ortho intramolecular Hbond substituents is 1. The average Bonchev–Trinajstić information content (AvgIpc) is 3.55. The van der Waals surface area contributed by atoms with E-state index in [4.69, 9.17) is 9.97 Å². The minimum Gasteiger partial charge on any atom is -0.507 e. The van der Waals surface area contributed by atoms with Gasteiger partial charge in [-0.15, -0.1) is 0 Å². The van der Waals surface area contributed by atoms with Crippen LogP contribution in [0.5, 0.6) is 5.75 Å². The predicted molar refractivity (Wildman–Crippen MR) is 201 cm³/mol. The molecule has 2 aromatic heterocycles. The van der Waals surface area contributed by atoms with Gasteiger partial charge in [0.1, 0.15) is 11.6 Å². The summed E-state index contributed by atoms with van der Waals surface area (Å²) in [5.41, 5.74) is 13.5. The van der Waals surface area contributed by atoms with Crippen LogP contribution in [0.2, 0.25) is 0 Å². The average molecular weight is 634 g/mol. The first kappa shape index (κ1) is 30.1. The minimum absolute atomic E-state index is 0.132. The van der Waals surface area contributed by atoms with Crippen LogP contribution in [0, 0.1) is 6.92 Å². The number of aromatic nitrogens is 3. The number of fused-ring (bicyclic) bond motifs is 1. The van der Waals surface area contributed by atoms with Gasteiger partial charge in [-0.1, -0.05) is 116 Å². The number of imidazole rings is 1. The molecule has 1 unspecified atom stereocenters. The van der Waals surface area contributed by atoms with Crippen molar-refractivity contribution in [2.75, 3.05) is 0 Å². The highest BCUT2D eigenvalue weighted by Crippen LogP contribution is 2.40. The smallest absolute Gasteiger partial charge is 0.149 e. The van der Waals surface area contributed by atoms with Gasteiger partial charge in [0.15, 0.2) is 0 Å². The third kappa shape index (κ3) is 5.79. The number of phenols is 1. The summed E-state index contributed by atoms with van der Waals surface area (Å²) in [7, 11) is 0. The minimum atomic E-state index is 0.132. The van der Waals surface area contributed by atoms with Gasteiger partial charge in [-0.05, 0) is 89.3 Å². The van der Waals surface area contributed by atoms with Crippen LogP contribution in [0.1, 0.15) is 29.5 Å². The molecule has 0 spiro atoms. The third-order valence-corrected chi connectivity index (χ3v) is 9.36. The number of benzene rings is 6. The Labute approximate surface area is 286 Å². The van der Waals surface area contributed by atoms with Gasteiger partial charge < -0.3 is 5.11 Å². The number of hydrogen-bond donors (Lipinski definition) is 1. The monoisotopic (exact) mass is 633 g/mol. The zero-order valence-corrected chi connectivity index (χ0v) is 27.5. The van der Waals surface area contributed by atoms with Crippen LogP contribution < -0.4 is 0 Å². The molecule has 8 aromatic rings. The fourth-order valence-electron chi connectivity index (χ4n) is 6.64. The lowest BCUT2D eigenvalue weighted by Gasteiger charge is -2.17. The number of hydrogen-bond acceptors (Lipinski definition) is 3. The van der Waals surface area contributed by atoms with Crippen molar-refractivity contribution in [3.8, 4) is 56.3 Å². The summed E-state index contributed by atoms with van der Waals surface area (Å²) in [4.78, 5) is 10.1. The number of nitrogens with zero attached hydrogens (tertiary/aromatic N) is 3. The molecule has 0 amide bonds. The van der Waals surface area contributed by atoms with E-state index in [9.17, 15) is 5.11 Å². The van der Waals surface area contributed by atoms with Crippen LogP contribution in [0.4, 0.5) is 0 Å². The lowest BCUT2D eigenvalue weighted by atomic mass is 9.89. The van der Waals surface area contributed by atoms with Gasteiger partial charge in [0.25, 0.3) is 0 Å². The summed E-state index contributed by atoms with van der Waals surface area (Å²) in [5, 5.41) is 11.1. The topological polar surface area (TPSA) is 50.9 Å². The van der Waals surface area contributed by atoms with Crippen LogP contribution in [0.25, 0.3) is 61.6 Å². The second kappa shape index (κ2) is 12.7.